The number of fused-ring (bicyclic) bond motifs is 1. The van der Waals surface area contributed by atoms with Crippen molar-refractivity contribution in [3.8, 4) is 0 Å². The van der Waals surface area contributed by atoms with Gasteiger partial charge in [0.05, 0.1) is 17.0 Å². The zero-order valence-electron chi connectivity index (χ0n) is 10.6. The lowest BCUT2D eigenvalue weighted by Crippen LogP contribution is -2.04. The third-order valence-electron chi connectivity index (χ3n) is 2.95. The lowest BCUT2D eigenvalue weighted by molar-refractivity contribution is 0.602. The van der Waals surface area contributed by atoms with Crippen LogP contribution in [-0.4, -0.2) is 29.2 Å². The molecule has 0 spiro atoms. The lowest BCUT2D eigenvalue weighted by Gasteiger charge is -2.04. The van der Waals surface area contributed by atoms with Gasteiger partial charge in [-0.3, -0.25) is 0 Å². The number of nitrogens with zero attached hydrogens (tertiary/aromatic N) is 3. The van der Waals surface area contributed by atoms with Gasteiger partial charge in [-0.15, -0.1) is 11.3 Å². The van der Waals surface area contributed by atoms with Crippen LogP contribution >= 0.6 is 11.3 Å². The van der Waals surface area contributed by atoms with Crippen molar-refractivity contribution >= 4 is 38.2 Å². The summed E-state index contributed by atoms with van der Waals surface area (Å²) in [4.78, 5) is 8.60. The van der Waals surface area contributed by atoms with Gasteiger partial charge in [-0.25, -0.2) is 18.4 Å². The second kappa shape index (κ2) is 4.57. The second-order valence-electron chi connectivity index (χ2n) is 4.38. The molecule has 6 nitrogen and oxygen atoms in total. The number of benzene rings is 1. The number of para-hydroxylation sites is 1. The molecule has 8 heteroatoms. The molecule has 0 aliphatic heterocycles. The Bertz CT molecular complexity index is 866. The van der Waals surface area contributed by atoms with Crippen LogP contribution in [0.3, 0.4) is 0 Å². The fourth-order valence-electron chi connectivity index (χ4n) is 2.07. The number of imidazole rings is 1. The fourth-order valence-corrected chi connectivity index (χ4v) is 3.50. The summed E-state index contributed by atoms with van der Waals surface area (Å²) >= 11 is 1.51. The summed E-state index contributed by atoms with van der Waals surface area (Å²) in [7, 11) is -3.34. The van der Waals surface area contributed by atoms with Crippen LogP contribution in [0, 0.1) is 0 Å². The molecule has 0 fully saturated rings. The minimum absolute atomic E-state index is 0.194. The standard InChI is InChI=1S/C12H12N4O2S2/c1-20(17,18)9-4-2-3-8-11(9)15-12(13)16(8)7-10-14-5-6-19-10/h2-6H,7H2,1H3,(H2,13,15). The molecule has 3 aromatic rings. The Hall–Kier alpha value is -1.93. The summed E-state index contributed by atoms with van der Waals surface area (Å²) in [6.07, 6.45) is 2.88. The molecule has 3 rings (SSSR count). The number of nitrogens with two attached hydrogens (primary N) is 1. The number of anilines is 1. The summed E-state index contributed by atoms with van der Waals surface area (Å²) in [5.41, 5.74) is 7.02. The molecule has 0 unspecified atom stereocenters. The Labute approximate surface area is 119 Å². The zero-order valence-corrected chi connectivity index (χ0v) is 12.3. The predicted octanol–water partition coefficient (Wildman–Crippen LogP) is 1.53. The lowest BCUT2D eigenvalue weighted by atomic mass is 10.3. The molecule has 0 bridgehead atoms. The number of hydrogen-bond acceptors (Lipinski definition) is 6. The Morgan fingerprint density at radius 1 is 1.40 bits per heavy atom. The molecule has 2 heterocycles. The van der Waals surface area contributed by atoms with Crippen LogP contribution in [0.15, 0.2) is 34.7 Å². The van der Waals surface area contributed by atoms with Gasteiger partial charge in [0.15, 0.2) is 9.84 Å². The third-order valence-corrected chi connectivity index (χ3v) is 4.84. The van der Waals surface area contributed by atoms with E-state index in [1.54, 1.807) is 22.9 Å². The van der Waals surface area contributed by atoms with Crippen LogP contribution in [-0.2, 0) is 16.4 Å². The van der Waals surface area contributed by atoms with E-state index < -0.39 is 9.84 Å². The molecule has 2 N–H and O–H groups in total. The summed E-state index contributed by atoms with van der Waals surface area (Å²) < 4.78 is 25.3. The maximum absolute atomic E-state index is 11.8. The summed E-state index contributed by atoms with van der Waals surface area (Å²) in [6.45, 7) is 0.479. The Balaban J connectivity index is 2.22. The van der Waals surface area contributed by atoms with Crippen LogP contribution in [0.25, 0.3) is 11.0 Å². The van der Waals surface area contributed by atoms with Gasteiger partial charge in [-0.05, 0) is 12.1 Å². The van der Waals surface area contributed by atoms with E-state index in [1.165, 1.54) is 17.4 Å². The molecule has 2 aromatic heterocycles. The molecule has 0 aliphatic carbocycles. The highest BCUT2D eigenvalue weighted by atomic mass is 32.2. The molecule has 104 valence electrons. The largest absolute Gasteiger partial charge is 0.369 e. The van der Waals surface area contributed by atoms with E-state index in [0.29, 0.717) is 17.6 Å². The van der Waals surface area contributed by atoms with Gasteiger partial charge in [-0.2, -0.15) is 0 Å². The van der Waals surface area contributed by atoms with Gasteiger partial charge >= 0.3 is 0 Å². The predicted molar refractivity (Wildman–Crippen MR) is 78.5 cm³/mol. The first-order valence-corrected chi connectivity index (χ1v) is 8.57. The monoisotopic (exact) mass is 308 g/mol. The average Bonchev–Trinajstić information content (AvgIpc) is 2.97. The quantitative estimate of drug-likeness (QED) is 0.792. The molecule has 0 saturated carbocycles. The van der Waals surface area contributed by atoms with Crippen molar-refractivity contribution in [3.63, 3.8) is 0 Å². The molecule has 0 aliphatic rings. The van der Waals surface area contributed by atoms with E-state index in [9.17, 15) is 8.42 Å². The van der Waals surface area contributed by atoms with Gasteiger partial charge in [0.2, 0.25) is 5.95 Å². The number of hydrogen-bond donors (Lipinski definition) is 1. The van der Waals surface area contributed by atoms with Gasteiger partial charge < -0.3 is 10.3 Å². The number of thiazole rings is 1. The van der Waals surface area contributed by atoms with Crippen LogP contribution in [0.1, 0.15) is 5.01 Å². The maximum Gasteiger partial charge on any atom is 0.201 e. The molecule has 0 saturated heterocycles. The summed E-state index contributed by atoms with van der Waals surface area (Å²) in [5.74, 6) is 0.284. The van der Waals surface area contributed by atoms with E-state index >= 15 is 0 Å². The van der Waals surface area contributed by atoms with E-state index in [1.807, 2.05) is 5.38 Å². The van der Waals surface area contributed by atoms with Crippen molar-refractivity contribution < 1.29 is 8.42 Å². The van der Waals surface area contributed by atoms with Gasteiger partial charge in [-0.1, -0.05) is 6.07 Å². The highest BCUT2D eigenvalue weighted by Gasteiger charge is 2.17. The van der Waals surface area contributed by atoms with Crippen LogP contribution in [0.5, 0.6) is 0 Å². The van der Waals surface area contributed by atoms with Crippen LogP contribution in [0.4, 0.5) is 5.95 Å². The average molecular weight is 308 g/mol. The SMILES string of the molecule is CS(=O)(=O)c1cccc2c1nc(N)n2Cc1nccs1. The number of aromatic nitrogens is 3. The van der Waals surface area contributed by atoms with Crippen molar-refractivity contribution in [2.45, 2.75) is 11.4 Å². The van der Waals surface area contributed by atoms with E-state index in [2.05, 4.69) is 9.97 Å². The summed E-state index contributed by atoms with van der Waals surface area (Å²) in [5, 5.41) is 2.77. The van der Waals surface area contributed by atoms with Crippen molar-refractivity contribution in [1.82, 2.24) is 14.5 Å². The Morgan fingerprint density at radius 2 is 2.20 bits per heavy atom. The van der Waals surface area contributed by atoms with E-state index in [4.69, 9.17) is 5.73 Å². The van der Waals surface area contributed by atoms with Crippen molar-refractivity contribution in [2.24, 2.45) is 0 Å². The van der Waals surface area contributed by atoms with Gasteiger partial charge in [0.1, 0.15) is 10.5 Å². The van der Waals surface area contributed by atoms with Gasteiger partial charge in [0.25, 0.3) is 0 Å². The first-order valence-electron chi connectivity index (χ1n) is 5.80. The molecule has 20 heavy (non-hydrogen) atoms. The maximum atomic E-state index is 11.8. The van der Waals surface area contributed by atoms with E-state index in [0.717, 1.165) is 11.3 Å². The minimum Gasteiger partial charge on any atom is -0.369 e. The minimum atomic E-state index is -3.34. The normalized spacial score (nSPS) is 12.1. The molecular weight excluding hydrogens is 296 g/mol. The highest BCUT2D eigenvalue weighted by Crippen LogP contribution is 2.25. The van der Waals surface area contributed by atoms with Crippen LogP contribution < -0.4 is 5.73 Å². The first kappa shape index (κ1) is 13.1. The third kappa shape index (κ3) is 2.16. The molecule has 1 aromatic carbocycles. The number of rotatable bonds is 3. The summed E-state index contributed by atoms with van der Waals surface area (Å²) in [6, 6.07) is 5.04. The number of sulfone groups is 1. The van der Waals surface area contributed by atoms with Gasteiger partial charge in [0, 0.05) is 17.8 Å². The molecule has 0 radical (unpaired) electrons. The molecular formula is C12H12N4O2S2. The Morgan fingerprint density at radius 3 is 2.85 bits per heavy atom. The topological polar surface area (TPSA) is 90.9 Å². The zero-order chi connectivity index (χ0) is 14.3. The van der Waals surface area contributed by atoms with Crippen molar-refractivity contribution in [2.75, 3.05) is 12.0 Å². The number of nitrogen functional groups attached to an aromatic ring is 1. The first-order chi connectivity index (χ1) is 9.47. The fraction of sp³-hybridized carbons (Fsp3) is 0.167. The van der Waals surface area contributed by atoms with E-state index in [-0.39, 0.29) is 10.8 Å². The van der Waals surface area contributed by atoms with Crippen LogP contribution in [0.2, 0.25) is 0 Å². The molecule has 0 amide bonds. The highest BCUT2D eigenvalue weighted by molar-refractivity contribution is 7.91. The molecule has 0 atom stereocenters. The second-order valence-corrected chi connectivity index (χ2v) is 7.34. The van der Waals surface area contributed by atoms with Crippen molar-refractivity contribution in [1.29, 1.82) is 0 Å². The Kier molecular flexibility index (Phi) is 2.98. The smallest absolute Gasteiger partial charge is 0.201 e. The van der Waals surface area contributed by atoms with Crippen molar-refractivity contribution in [3.05, 3.63) is 34.8 Å².